The number of hydrogen-bond donors (Lipinski definition) is 2. The first-order valence-electron chi connectivity index (χ1n) is 11.7. The zero-order valence-electron chi connectivity index (χ0n) is 20.4. The molecule has 0 spiro atoms. The Kier molecular flexibility index (Phi) is 9.03. The summed E-state index contributed by atoms with van der Waals surface area (Å²) in [5.41, 5.74) is 2.03. The van der Waals surface area contributed by atoms with E-state index in [1.807, 2.05) is 31.2 Å². The number of alkyl carbamates (subject to hydrolysis) is 1. The van der Waals surface area contributed by atoms with Gasteiger partial charge in [-0.15, -0.1) is 0 Å². The number of hydrogen-bond acceptors (Lipinski definition) is 5. The van der Waals surface area contributed by atoms with Gasteiger partial charge in [-0.2, -0.15) is 0 Å². The van der Waals surface area contributed by atoms with Crippen LogP contribution in [-0.4, -0.2) is 50.0 Å². The quantitative estimate of drug-likeness (QED) is 0.346. The lowest BCUT2D eigenvalue weighted by Gasteiger charge is -2.29. The number of carbonyl (C=O) groups excluding carboxylic acids is 2. The molecule has 1 aromatic carbocycles. The molecule has 7 nitrogen and oxygen atoms in total. The number of amides is 2. The van der Waals surface area contributed by atoms with Gasteiger partial charge in [0.15, 0.2) is 0 Å². The minimum absolute atomic E-state index is 0.00722. The third kappa shape index (κ3) is 7.50. The molecule has 1 aromatic rings. The highest BCUT2D eigenvalue weighted by Gasteiger charge is 2.53. The van der Waals surface area contributed by atoms with Gasteiger partial charge in [-0.25, -0.2) is 4.79 Å². The number of methoxy groups -OCH3 is 1. The topological polar surface area (TPSA) is 89.2 Å². The fourth-order valence-electron chi connectivity index (χ4n) is 4.28. The molecule has 0 aromatic heterocycles. The highest BCUT2D eigenvalue weighted by Crippen LogP contribution is 2.44. The average molecular weight is 491 g/mol. The number of halogens is 1. The molecule has 4 atom stereocenters. The Morgan fingerprint density at radius 2 is 2.21 bits per heavy atom. The Bertz CT molecular complexity index is 947. The van der Waals surface area contributed by atoms with Crippen molar-refractivity contribution in [3.05, 3.63) is 52.6 Å². The van der Waals surface area contributed by atoms with Crippen LogP contribution in [0.15, 0.2) is 42.0 Å². The molecule has 2 aliphatic heterocycles. The van der Waals surface area contributed by atoms with E-state index in [2.05, 4.69) is 29.7 Å². The van der Waals surface area contributed by atoms with Crippen molar-refractivity contribution in [3.63, 3.8) is 0 Å². The van der Waals surface area contributed by atoms with Crippen LogP contribution in [0.1, 0.15) is 51.5 Å². The molecular formula is C26H35ClN2O5. The Balaban J connectivity index is 1.44. The molecule has 0 radical (unpaired) electrons. The second-order valence-corrected chi connectivity index (χ2v) is 9.66. The zero-order valence-corrected chi connectivity index (χ0v) is 21.1. The lowest BCUT2D eigenvalue weighted by molar-refractivity contribution is -0.120. The van der Waals surface area contributed by atoms with Crippen molar-refractivity contribution >= 4 is 23.6 Å². The molecule has 2 amide bonds. The summed E-state index contributed by atoms with van der Waals surface area (Å²) in [6, 6.07) is 5.82. The van der Waals surface area contributed by atoms with Gasteiger partial charge in [0.2, 0.25) is 5.91 Å². The molecule has 2 aliphatic rings. The van der Waals surface area contributed by atoms with Crippen LogP contribution in [0.25, 0.3) is 0 Å². The highest BCUT2D eigenvalue weighted by atomic mass is 35.5. The van der Waals surface area contributed by atoms with Gasteiger partial charge < -0.3 is 24.8 Å². The maximum absolute atomic E-state index is 12.0. The van der Waals surface area contributed by atoms with Crippen molar-refractivity contribution in [3.8, 4) is 5.75 Å². The molecule has 2 heterocycles. The van der Waals surface area contributed by atoms with Crippen molar-refractivity contribution in [1.82, 2.24) is 10.6 Å². The smallest absolute Gasteiger partial charge is 0.407 e. The second-order valence-electron chi connectivity index (χ2n) is 9.25. The Labute approximate surface area is 206 Å². The first-order chi connectivity index (χ1) is 16.2. The molecule has 0 aliphatic carbocycles. The number of nitrogens with one attached hydrogen (secondary N) is 2. The van der Waals surface area contributed by atoms with Gasteiger partial charge in [0, 0.05) is 32.4 Å². The average Bonchev–Trinajstić information content (AvgIpc) is 3.44. The number of carbonyl (C=O) groups is 2. The molecule has 186 valence electrons. The summed E-state index contributed by atoms with van der Waals surface area (Å²) in [6.45, 7) is 4.09. The zero-order chi connectivity index (χ0) is 24.7. The molecule has 4 unspecified atom stereocenters. The number of cyclic esters (lactones) is 1. The molecule has 2 saturated heterocycles. The summed E-state index contributed by atoms with van der Waals surface area (Å²) < 4.78 is 16.6. The number of ether oxygens (including phenoxy) is 3. The monoisotopic (exact) mass is 490 g/mol. The molecule has 0 saturated carbocycles. The maximum atomic E-state index is 12.0. The minimum Gasteiger partial charge on any atom is -0.495 e. The summed E-state index contributed by atoms with van der Waals surface area (Å²) in [4.78, 5) is 23.5. The molecule has 0 bridgehead atoms. The van der Waals surface area contributed by atoms with Gasteiger partial charge in [0.05, 0.1) is 23.8 Å². The number of epoxide rings is 1. The number of benzene rings is 1. The molecule has 2 fully saturated rings. The van der Waals surface area contributed by atoms with E-state index in [1.54, 1.807) is 14.2 Å². The summed E-state index contributed by atoms with van der Waals surface area (Å²) in [5, 5.41) is 6.13. The molecule has 2 N–H and O–H groups in total. The summed E-state index contributed by atoms with van der Waals surface area (Å²) >= 11 is 6.09. The lowest BCUT2D eigenvalue weighted by Crippen LogP contribution is -2.45. The largest absolute Gasteiger partial charge is 0.495 e. The van der Waals surface area contributed by atoms with Crippen LogP contribution in [-0.2, 0) is 20.7 Å². The minimum atomic E-state index is -0.384. The van der Waals surface area contributed by atoms with Crippen LogP contribution < -0.4 is 15.4 Å². The number of rotatable bonds is 11. The second kappa shape index (κ2) is 11.8. The molecule has 34 heavy (non-hydrogen) atoms. The van der Waals surface area contributed by atoms with Crippen molar-refractivity contribution < 1.29 is 23.8 Å². The Morgan fingerprint density at radius 1 is 1.41 bits per heavy atom. The van der Waals surface area contributed by atoms with E-state index in [1.165, 1.54) is 5.57 Å². The Hall–Kier alpha value is -2.51. The first kappa shape index (κ1) is 26.1. The van der Waals surface area contributed by atoms with E-state index in [9.17, 15) is 9.59 Å². The van der Waals surface area contributed by atoms with Gasteiger partial charge in [-0.1, -0.05) is 41.5 Å². The molecular weight excluding hydrogens is 456 g/mol. The van der Waals surface area contributed by atoms with E-state index >= 15 is 0 Å². The van der Waals surface area contributed by atoms with Crippen LogP contribution in [0.5, 0.6) is 5.75 Å². The van der Waals surface area contributed by atoms with E-state index in [0.717, 1.165) is 24.8 Å². The van der Waals surface area contributed by atoms with Crippen molar-refractivity contribution in [2.75, 3.05) is 14.2 Å². The van der Waals surface area contributed by atoms with Crippen LogP contribution in [0, 0.1) is 0 Å². The first-order valence-corrected chi connectivity index (χ1v) is 12.1. The summed E-state index contributed by atoms with van der Waals surface area (Å²) in [5.74, 6) is 0.684. The van der Waals surface area contributed by atoms with E-state index in [-0.39, 0.29) is 35.9 Å². The van der Waals surface area contributed by atoms with Gasteiger partial charge in [-0.05, 0) is 50.8 Å². The number of allylic oxidation sites excluding steroid dienone is 3. The summed E-state index contributed by atoms with van der Waals surface area (Å²) in [7, 11) is 3.24. The SMILES string of the molecule is CNC(=O)CCC1(C)OC1CC1CC(C/C=C/C=C(\C)Cc2ccc(Cl)c(OC)c2)NC(=O)O1. The maximum Gasteiger partial charge on any atom is 0.407 e. The van der Waals surface area contributed by atoms with Crippen molar-refractivity contribution in [2.45, 2.75) is 76.2 Å². The van der Waals surface area contributed by atoms with Crippen molar-refractivity contribution in [1.29, 1.82) is 0 Å². The lowest BCUT2D eigenvalue weighted by atomic mass is 9.94. The molecule has 3 rings (SSSR count). The van der Waals surface area contributed by atoms with Crippen LogP contribution >= 0.6 is 11.6 Å². The van der Waals surface area contributed by atoms with Crippen molar-refractivity contribution in [2.24, 2.45) is 0 Å². The predicted molar refractivity (Wildman–Crippen MR) is 132 cm³/mol. The van der Waals surface area contributed by atoms with Crippen LogP contribution in [0.3, 0.4) is 0 Å². The third-order valence-corrected chi connectivity index (χ3v) is 6.73. The van der Waals surface area contributed by atoms with Crippen LogP contribution in [0.2, 0.25) is 5.02 Å². The predicted octanol–water partition coefficient (Wildman–Crippen LogP) is 4.72. The summed E-state index contributed by atoms with van der Waals surface area (Å²) in [6.07, 6.45) is 9.63. The van der Waals surface area contributed by atoms with Gasteiger partial charge in [-0.3, -0.25) is 4.79 Å². The molecule has 8 heteroatoms. The third-order valence-electron chi connectivity index (χ3n) is 6.42. The van der Waals surface area contributed by atoms with E-state index in [4.69, 9.17) is 25.8 Å². The van der Waals surface area contributed by atoms with E-state index < -0.39 is 0 Å². The van der Waals surface area contributed by atoms with E-state index in [0.29, 0.717) is 30.0 Å². The highest BCUT2D eigenvalue weighted by molar-refractivity contribution is 6.32. The standard InChI is InChI=1S/C26H35ClN2O5/c1-17(13-18-9-10-21(27)22(14-18)32-4)7-5-6-8-19-15-20(33-25(31)29-19)16-23-26(2,34-23)12-11-24(30)28-3/h5-7,9-10,14,19-20,23H,8,11-13,15-16H2,1-4H3,(H,28,30)(H,29,31)/b6-5+,17-7+. The Morgan fingerprint density at radius 3 is 2.94 bits per heavy atom. The van der Waals surface area contributed by atoms with Crippen LogP contribution in [0.4, 0.5) is 4.79 Å². The normalized spacial score (nSPS) is 26.7. The van der Waals surface area contributed by atoms with Gasteiger partial charge in [0.25, 0.3) is 0 Å². The fraction of sp³-hybridized carbons (Fsp3) is 0.538. The fourth-order valence-corrected chi connectivity index (χ4v) is 4.47. The van der Waals surface area contributed by atoms with Gasteiger partial charge >= 0.3 is 6.09 Å². The van der Waals surface area contributed by atoms with Gasteiger partial charge in [0.1, 0.15) is 11.9 Å².